The largest absolute Gasteiger partial charge is 0.481 e. The quantitative estimate of drug-likeness (QED) is 0.486. The third kappa shape index (κ3) is 4.93. The minimum absolute atomic E-state index is 0.0662. The van der Waals surface area contributed by atoms with Gasteiger partial charge in [0.25, 0.3) is 0 Å². The standard InChI is InChI=1S/C28H30N4O6/c1-27(2,3)38-26(36)31-16-28(17-31,12-24(33)34)32-14-18(13-29-32)30-25(35)37-15-23-21-10-6-4-8-19(21)20-9-5-7-11-22(20)23/h4-11,13-14,23H,12,15-17H2,1-3H3,(H,30,35)(H,33,34). The molecule has 3 aromatic rings. The highest BCUT2D eigenvalue weighted by atomic mass is 16.6. The van der Waals surface area contributed by atoms with Crippen molar-refractivity contribution in [3.05, 3.63) is 72.1 Å². The smallest absolute Gasteiger partial charge is 0.411 e. The van der Waals surface area contributed by atoms with Gasteiger partial charge in [-0.25, -0.2) is 9.59 Å². The van der Waals surface area contributed by atoms with E-state index in [2.05, 4.69) is 22.5 Å². The van der Waals surface area contributed by atoms with Crippen LogP contribution in [0.1, 0.15) is 44.2 Å². The third-order valence-electron chi connectivity index (χ3n) is 6.76. The SMILES string of the molecule is CC(C)(C)OC(=O)N1CC(CC(=O)O)(n2cc(NC(=O)OCC3c4ccccc4-c4ccccc43)cn2)C1. The van der Waals surface area contributed by atoms with Gasteiger partial charge in [0.15, 0.2) is 0 Å². The van der Waals surface area contributed by atoms with E-state index in [-0.39, 0.29) is 32.0 Å². The lowest BCUT2D eigenvalue weighted by Gasteiger charge is -2.49. The van der Waals surface area contributed by atoms with E-state index in [4.69, 9.17) is 9.47 Å². The van der Waals surface area contributed by atoms with Crippen LogP contribution in [0.25, 0.3) is 11.1 Å². The number of rotatable bonds is 6. The van der Waals surface area contributed by atoms with E-state index in [0.29, 0.717) is 5.69 Å². The fourth-order valence-corrected chi connectivity index (χ4v) is 5.14. The van der Waals surface area contributed by atoms with Crippen LogP contribution in [0.2, 0.25) is 0 Å². The molecule has 38 heavy (non-hydrogen) atoms. The monoisotopic (exact) mass is 518 g/mol. The van der Waals surface area contributed by atoms with Gasteiger partial charge in [0.05, 0.1) is 31.4 Å². The molecule has 1 aliphatic heterocycles. The second-order valence-electron chi connectivity index (χ2n) is 10.8. The Balaban J connectivity index is 1.23. The highest BCUT2D eigenvalue weighted by molar-refractivity contribution is 5.84. The van der Waals surface area contributed by atoms with E-state index in [9.17, 15) is 19.5 Å². The zero-order chi connectivity index (χ0) is 27.1. The van der Waals surface area contributed by atoms with Gasteiger partial charge < -0.3 is 19.5 Å². The molecule has 198 valence electrons. The fraction of sp³-hybridized carbons (Fsp3) is 0.357. The summed E-state index contributed by atoms with van der Waals surface area (Å²) in [6.07, 6.45) is 1.60. The van der Waals surface area contributed by atoms with Crippen molar-refractivity contribution >= 4 is 23.8 Å². The van der Waals surface area contributed by atoms with Crippen molar-refractivity contribution < 1.29 is 29.0 Å². The molecule has 2 heterocycles. The fourth-order valence-electron chi connectivity index (χ4n) is 5.14. The molecular formula is C28H30N4O6. The highest BCUT2D eigenvalue weighted by Gasteiger charge is 2.50. The minimum Gasteiger partial charge on any atom is -0.481 e. The summed E-state index contributed by atoms with van der Waals surface area (Å²) in [5, 5.41) is 16.4. The van der Waals surface area contributed by atoms with Crippen LogP contribution >= 0.6 is 0 Å². The van der Waals surface area contributed by atoms with Crippen LogP contribution < -0.4 is 5.32 Å². The van der Waals surface area contributed by atoms with Gasteiger partial charge in [0.2, 0.25) is 0 Å². The van der Waals surface area contributed by atoms with Crippen molar-refractivity contribution in [2.24, 2.45) is 0 Å². The summed E-state index contributed by atoms with van der Waals surface area (Å²) >= 11 is 0. The number of fused-ring (bicyclic) bond motifs is 3. The molecule has 10 nitrogen and oxygen atoms in total. The second kappa shape index (κ2) is 9.51. The maximum absolute atomic E-state index is 12.7. The summed E-state index contributed by atoms with van der Waals surface area (Å²) in [6, 6.07) is 16.2. The second-order valence-corrected chi connectivity index (χ2v) is 10.8. The van der Waals surface area contributed by atoms with Crippen LogP contribution in [0.15, 0.2) is 60.9 Å². The maximum Gasteiger partial charge on any atom is 0.411 e. The van der Waals surface area contributed by atoms with Crippen LogP contribution in [0.4, 0.5) is 15.3 Å². The van der Waals surface area contributed by atoms with E-state index in [1.54, 1.807) is 27.0 Å². The molecule has 0 saturated carbocycles. The first-order valence-corrected chi connectivity index (χ1v) is 12.4. The van der Waals surface area contributed by atoms with Crippen molar-refractivity contribution in [2.75, 3.05) is 25.0 Å². The molecule has 1 aromatic heterocycles. The molecule has 1 fully saturated rings. The summed E-state index contributed by atoms with van der Waals surface area (Å²) in [6.45, 7) is 5.72. The van der Waals surface area contributed by atoms with Crippen molar-refractivity contribution in [3.63, 3.8) is 0 Å². The molecule has 1 saturated heterocycles. The predicted molar refractivity (Wildman–Crippen MR) is 139 cm³/mol. The van der Waals surface area contributed by atoms with E-state index in [1.165, 1.54) is 15.8 Å². The number of aromatic nitrogens is 2. The number of carboxylic acids is 1. The number of aliphatic carboxylic acids is 1. The maximum atomic E-state index is 12.7. The Bertz CT molecular complexity index is 1340. The number of nitrogens with zero attached hydrogens (tertiary/aromatic N) is 3. The molecule has 0 atom stereocenters. The lowest BCUT2D eigenvalue weighted by Crippen LogP contribution is -2.65. The first-order valence-electron chi connectivity index (χ1n) is 12.4. The topological polar surface area (TPSA) is 123 Å². The number of nitrogens with one attached hydrogen (secondary N) is 1. The Morgan fingerprint density at radius 3 is 2.24 bits per heavy atom. The molecule has 1 aliphatic carbocycles. The van der Waals surface area contributed by atoms with Gasteiger partial charge in [-0.2, -0.15) is 5.10 Å². The van der Waals surface area contributed by atoms with E-state index in [0.717, 1.165) is 22.3 Å². The average molecular weight is 519 g/mol. The van der Waals surface area contributed by atoms with Crippen molar-refractivity contribution in [1.82, 2.24) is 14.7 Å². The number of hydrogen-bond donors (Lipinski definition) is 2. The molecule has 0 unspecified atom stereocenters. The number of anilines is 1. The number of carbonyl (C=O) groups excluding carboxylic acids is 2. The first-order chi connectivity index (χ1) is 18.0. The molecule has 2 aromatic carbocycles. The number of amides is 2. The van der Waals surface area contributed by atoms with Gasteiger partial charge in [0.1, 0.15) is 17.7 Å². The number of hydrogen-bond acceptors (Lipinski definition) is 6. The Morgan fingerprint density at radius 2 is 1.66 bits per heavy atom. The van der Waals surface area contributed by atoms with Gasteiger partial charge in [-0.3, -0.25) is 14.8 Å². The zero-order valence-corrected chi connectivity index (χ0v) is 21.5. The van der Waals surface area contributed by atoms with Crippen LogP contribution in [0, 0.1) is 0 Å². The number of likely N-dealkylation sites (tertiary alicyclic amines) is 1. The lowest BCUT2D eigenvalue weighted by atomic mass is 9.86. The molecule has 0 radical (unpaired) electrons. The minimum atomic E-state index is -1.02. The molecular weight excluding hydrogens is 488 g/mol. The first kappa shape index (κ1) is 25.3. The van der Waals surface area contributed by atoms with Crippen molar-refractivity contribution in [1.29, 1.82) is 0 Å². The normalized spacial score (nSPS) is 15.7. The Labute approximate surface area is 220 Å². The van der Waals surface area contributed by atoms with Gasteiger partial charge in [0, 0.05) is 12.1 Å². The Hall–Kier alpha value is -4.34. The van der Waals surface area contributed by atoms with Crippen LogP contribution in [0.5, 0.6) is 0 Å². The molecule has 5 rings (SSSR count). The Kier molecular flexibility index (Phi) is 6.34. The number of benzene rings is 2. The van der Waals surface area contributed by atoms with Crippen molar-refractivity contribution in [2.45, 2.75) is 44.2 Å². The summed E-state index contributed by atoms with van der Waals surface area (Å²) in [7, 11) is 0. The lowest BCUT2D eigenvalue weighted by molar-refractivity contribution is -0.143. The summed E-state index contributed by atoms with van der Waals surface area (Å²) < 4.78 is 12.5. The molecule has 2 amide bonds. The molecule has 2 N–H and O–H groups in total. The van der Waals surface area contributed by atoms with Crippen LogP contribution in [-0.4, -0.2) is 63.2 Å². The molecule has 0 bridgehead atoms. The van der Waals surface area contributed by atoms with E-state index < -0.39 is 29.3 Å². The summed E-state index contributed by atoms with van der Waals surface area (Å²) in [5.41, 5.74) is 3.28. The summed E-state index contributed by atoms with van der Waals surface area (Å²) in [5.74, 6) is -1.08. The molecule has 10 heteroatoms. The zero-order valence-electron chi connectivity index (χ0n) is 21.5. The van der Waals surface area contributed by atoms with Gasteiger partial charge in [-0.15, -0.1) is 0 Å². The molecule has 2 aliphatic rings. The average Bonchev–Trinajstić information content (AvgIpc) is 3.41. The Morgan fingerprint density at radius 1 is 1.05 bits per heavy atom. The highest BCUT2D eigenvalue weighted by Crippen LogP contribution is 2.44. The third-order valence-corrected chi connectivity index (χ3v) is 6.76. The van der Waals surface area contributed by atoms with Gasteiger partial charge >= 0.3 is 18.2 Å². The molecule has 0 spiro atoms. The van der Waals surface area contributed by atoms with Crippen LogP contribution in [-0.2, 0) is 19.8 Å². The predicted octanol–water partition coefficient (Wildman–Crippen LogP) is 4.66. The van der Waals surface area contributed by atoms with Crippen molar-refractivity contribution in [3.8, 4) is 11.1 Å². The number of ether oxygens (including phenoxy) is 2. The summed E-state index contributed by atoms with van der Waals surface area (Å²) in [4.78, 5) is 38.1. The van der Waals surface area contributed by atoms with E-state index in [1.807, 2.05) is 36.4 Å². The number of carboxylic acid groups (broad SMARTS) is 1. The van der Waals surface area contributed by atoms with E-state index >= 15 is 0 Å². The van der Waals surface area contributed by atoms with Gasteiger partial charge in [-0.05, 0) is 43.0 Å². The van der Waals surface area contributed by atoms with Crippen LogP contribution in [0.3, 0.4) is 0 Å². The number of carbonyl (C=O) groups is 3. The van der Waals surface area contributed by atoms with Gasteiger partial charge in [-0.1, -0.05) is 48.5 Å².